The van der Waals surface area contributed by atoms with Crippen LogP contribution in [0, 0.1) is 0 Å². The summed E-state index contributed by atoms with van der Waals surface area (Å²) in [6.45, 7) is 4.42. The van der Waals surface area contributed by atoms with Crippen LogP contribution in [0.15, 0.2) is 14.6 Å². The van der Waals surface area contributed by atoms with E-state index in [0.717, 1.165) is 10.3 Å². The highest BCUT2D eigenvalue weighted by atomic mass is 16.3. The number of rotatable bonds is 3. The molecule has 0 saturated carbocycles. The zero-order valence-electron chi connectivity index (χ0n) is 11.3. The summed E-state index contributed by atoms with van der Waals surface area (Å²) in [7, 11) is 1.42. The molecule has 19 heavy (non-hydrogen) atoms. The molecule has 0 aromatic carbocycles. The number of H-pyrrole nitrogens is 1. The molecule has 2 N–H and O–H groups in total. The third-order valence-electron chi connectivity index (χ3n) is 3.47. The molecule has 2 heterocycles. The minimum Gasteiger partial charge on any atom is -0.396 e. The summed E-state index contributed by atoms with van der Waals surface area (Å²) in [6, 6.07) is -0.0122. The van der Waals surface area contributed by atoms with Crippen molar-refractivity contribution in [3.8, 4) is 0 Å². The average Bonchev–Trinajstić information content (AvgIpc) is 2.39. The topological polar surface area (TPSA) is 90.7 Å². The van der Waals surface area contributed by atoms with Gasteiger partial charge in [-0.25, -0.2) is 9.79 Å². The zero-order chi connectivity index (χ0) is 14.2. The Labute approximate surface area is 110 Å². The minimum atomic E-state index is -0.459. The van der Waals surface area contributed by atoms with Crippen molar-refractivity contribution in [1.29, 1.82) is 0 Å². The Morgan fingerprint density at radius 3 is 2.74 bits per heavy atom. The molecule has 0 spiro atoms. The molecular formula is C12H18N4O3. The molecule has 0 amide bonds. The van der Waals surface area contributed by atoms with Crippen LogP contribution in [-0.2, 0) is 7.05 Å². The molecule has 1 aromatic rings. The quantitative estimate of drug-likeness (QED) is 0.789. The smallest absolute Gasteiger partial charge is 0.329 e. The van der Waals surface area contributed by atoms with Crippen LogP contribution in [0.2, 0.25) is 0 Å². The lowest BCUT2D eigenvalue weighted by Gasteiger charge is -2.34. The van der Waals surface area contributed by atoms with E-state index in [-0.39, 0.29) is 18.3 Å². The maximum atomic E-state index is 12.1. The van der Waals surface area contributed by atoms with E-state index in [1.54, 1.807) is 0 Å². The highest BCUT2D eigenvalue weighted by molar-refractivity contribution is 5.95. The summed E-state index contributed by atoms with van der Waals surface area (Å²) in [6.07, 6.45) is 0.564. The van der Waals surface area contributed by atoms with Crippen molar-refractivity contribution in [3.63, 3.8) is 0 Å². The lowest BCUT2D eigenvalue weighted by molar-refractivity contribution is 0.289. The zero-order valence-corrected chi connectivity index (χ0v) is 11.3. The van der Waals surface area contributed by atoms with Gasteiger partial charge in [0.25, 0.3) is 5.56 Å². The molecule has 104 valence electrons. The molecule has 1 aromatic heterocycles. The molecule has 7 nitrogen and oxygen atoms in total. The van der Waals surface area contributed by atoms with Gasteiger partial charge in [-0.3, -0.25) is 14.3 Å². The third-order valence-corrected chi connectivity index (χ3v) is 3.47. The van der Waals surface area contributed by atoms with Crippen LogP contribution < -0.4 is 16.1 Å². The lowest BCUT2D eigenvalue weighted by atomic mass is 10.1. The first kappa shape index (κ1) is 13.5. The normalized spacial score (nSPS) is 18.2. The Hall–Kier alpha value is -1.89. The summed E-state index contributed by atoms with van der Waals surface area (Å²) in [5.41, 5.74) is 0.212. The molecule has 0 saturated heterocycles. The number of hydrogen-bond acceptors (Lipinski definition) is 5. The first-order valence-electron chi connectivity index (χ1n) is 6.23. The Kier molecular flexibility index (Phi) is 3.57. The van der Waals surface area contributed by atoms with Crippen molar-refractivity contribution in [1.82, 2.24) is 9.55 Å². The molecule has 1 unspecified atom stereocenters. The first-order valence-corrected chi connectivity index (χ1v) is 6.23. The van der Waals surface area contributed by atoms with Crippen LogP contribution in [0.3, 0.4) is 0 Å². The van der Waals surface area contributed by atoms with Gasteiger partial charge in [0, 0.05) is 25.9 Å². The van der Waals surface area contributed by atoms with E-state index in [0.29, 0.717) is 18.8 Å². The van der Waals surface area contributed by atoms with Crippen molar-refractivity contribution in [2.75, 3.05) is 18.1 Å². The van der Waals surface area contributed by atoms with E-state index in [1.807, 2.05) is 18.7 Å². The molecule has 0 fully saturated rings. The van der Waals surface area contributed by atoms with Crippen molar-refractivity contribution in [2.24, 2.45) is 12.0 Å². The van der Waals surface area contributed by atoms with Crippen molar-refractivity contribution >= 4 is 17.2 Å². The van der Waals surface area contributed by atoms with E-state index < -0.39 is 11.2 Å². The van der Waals surface area contributed by atoms with Gasteiger partial charge < -0.3 is 10.0 Å². The van der Waals surface area contributed by atoms with Gasteiger partial charge in [-0.05, 0) is 20.3 Å². The molecule has 2 rings (SSSR count). The van der Waals surface area contributed by atoms with Crippen molar-refractivity contribution < 1.29 is 5.11 Å². The fourth-order valence-corrected chi connectivity index (χ4v) is 2.14. The number of hydrogen-bond donors (Lipinski definition) is 2. The average molecular weight is 266 g/mol. The number of anilines is 1. The number of aliphatic hydroxyl groups is 1. The molecule has 0 radical (unpaired) electrons. The number of aromatic nitrogens is 2. The molecule has 1 aliphatic heterocycles. The SMILES string of the molecule is CC1=Nc2c([nH]c(=O)n(C)c2=O)N(CCCO)C1C. The van der Waals surface area contributed by atoms with Gasteiger partial charge in [0.05, 0.1) is 6.04 Å². The lowest BCUT2D eigenvalue weighted by Crippen LogP contribution is -2.45. The predicted molar refractivity (Wildman–Crippen MR) is 73.6 cm³/mol. The predicted octanol–water partition coefficient (Wildman–Crippen LogP) is -0.243. The van der Waals surface area contributed by atoms with Gasteiger partial charge in [-0.15, -0.1) is 0 Å². The maximum absolute atomic E-state index is 12.1. The molecule has 0 bridgehead atoms. The number of aliphatic imine (C=N–C) groups is 1. The molecule has 7 heteroatoms. The summed E-state index contributed by atoms with van der Waals surface area (Å²) in [5, 5.41) is 8.96. The van der Waals surface area contributed by atoms with Crippen LogP contribution in [-0.4, -0.2) is 39.6 Å². The highest BCUT2D eigenvalue weighted by Gasteiger charge is 2.27. The second-order valence-electron chi connectivity index (χ2n) is 4.69. The molecule has 1 atom stereocenters. The van der Waals surface area contributed by atoms with Crippen molar-refractivity contribution in [2.45, 2.75) is 26.3 Å². The Balaban J connectivity index is 2.62. The number of aliphatic hydroxyl groups excluding tert-OH is 1. The van der Waals surface area contributed by atoms with E-state index in [2.05, 4.69) is 9.98 Å². The van der Waals surface area contributed by atoms with Crippen LogP contribution in [0.4, 0.5) is 11.5 Å². The Morgan fingerprint density at radius 1 is 1.42 bits per heavy atom. The minimum absolute atomic E-state index is 0.0122. The van der Waals surface area contributed by atoms with Gasteiger partial charge in [0.1, 0.15) is 5.82 Å². The second kappa shape index (κ2) is 5.00. The summed E-state index contributed by atoms with van der Waals surface area (Å²) in [5.74, 6) is 0.444. The van der Waals surface area contributed by atoms with E-state index >= 15 is 0 Å². The van der Waals surface area contributed by atoms with Gasteiger partial charge in [0.15, 0.2) is 5.69 Å². The van der Waals surface area contributed by atoms with Crippen LogP contribution in [0.1, 0.15) is 20.3 Å². The standard InChI is InChI=1S/C12H18N4O3/c1-7-8(2)16(5-4-6-17)10-9(13-7)11(18)15(3)12(19)14-10/h8,17H,4-6H2,1-3H3,(H,14,19). The van der Waals surface area contributed by atoms with Crippen molar-refractivity contribution in [3.05, 3.63) is 20.8 Å². The van der Waals surface area contributed by atoms with Gasteiger partial charge >= 0.3 is 5.69 Å². The Morgan fingerprint density at radius 2 is 2.11 bits per heavy atom. The fraction of sp³-hybridized carbons (Fsp3) is 0.583. The van der Waals surface area contributed by atoms with Crippen LogP contribution in [0.5, 0.6) is 0 Å². The summed E-state index contributed by atoms with van der Waals surface area (Å²) < 4.78 is 1.01. The van der Waals surface area contributed by atoms with E-state index in [4.69, 9.17) is 5.11 Å². The summed E-state index contributed by atoms with van der Waals surface area (Å²) in [4.78, 5) is 32.7. The number of fused-ring (bicyclic) bond motifs is 1. The summed E-state index contributed by atoms with van der Waals surface area (Å²) >= 11 is 0. The first-order chi connectivity index (χ1) is 8.97. The van der Waals surface area contributed by atoms with E-state index in [1.165, 1.54) is 7.05 Å². The maximum Gasteiger partial charge on any atom is 0.329 e. The van der Waals surface area contributed by atoms with Crippen LogP contribution in [0.25, 0.3) is 0 Å². The molecular weight excluding hydrogens is 248 g/mol. The van der Waals surface area contributed by atoms with Gasteiger partial charge in [-0.1, -0.05) is 0 Å². The molecule has 0 aliphatic carbocycles. The Bertz CT molecular complexity index is 629. The fourth-order valence-electron chi connectivity index (χ4n) is 2.14. The van der Waals surface area contributed by atoms with E-state index in [9.17, 15) is 9.59 Å². The monoisotopic (exact) mass is 266 g/mol. The molecule has 1 aliphatic rings. The second-order valence-corrected chi connectivity index (χ2v) is 4.69. The number of aromatic amines is 1. The van der Waals surface area contributed by atoms with Gasteiger partial charge in [-0.2, -0.15) is 0 Å². The number of nitrogens with zero attached hydrogens (tertiary/aromatic N) is 3. The number of nitrogens with one attached hydrogen (secondary N) is 1. The van der Waals surface area contributed by atoms with Gasteiger partial charge in [0.2, 0.25) is 0 Å². The highest BCUT2D eigenvalue weighted by Crippen LogP contribution is 2.28. The van der Waals surface area contributed by atoms with Crippen LogP contribution >= 0.6 is 0 Å². The third kappa shape index (κ3) is 2.21. The largest absolute Gasteiger partial charge is 0.396 e.